The monoisotopic (exact) mass is 545 g/mol. The van der Waals surface area contributed by atoms with E-state index in [1.54, 1.807) is 24.3 Å². The largest absolute Gasteiger partial charge is 0.462 e. The van der Waals surface area contributed by atoms with Gasteiger partial charge < -0.3 is 15.4 Å². The number of halogens is 1. The Bertz CT molecular complexity index is 1450. The summed E-state index contributed by atoms with van der Waals surface area (Å²) >= 11 is 6.24. The molecule has 0 atom stereocenters. The number of nitrogens with zero attached hydrogens (tertiary/aromatic N) is 1. The number of imide groups is 1. The Labute approximate surface area is 231 Å². The first kappa shape index (κ1) is 27.6. The van der Waals surface area contributed by atoms with Crippen molar-refractivity contribution in [2.75, 3.05) is 22.1 Å². The second kappa shape index (κ2) is 12.0. The second-order valence-corrected chi connectivity index (χ2v) is 9.59. The zero-order chi connectivity index (χ0) is 28.1. The molecule has 8 nitrogen and oxygen atoms in total. The minimum absolute atomic E-state index is 0.0869. The number of amides is 3. The topological polar surface area (TPSA) is 105 Å². The van der Waals surface area contributed by atoms with Gasteiger partial charge in [0.15, 0.2) is 0 Å². The third-order valence-electron chi connectivity index (χ3n) is 6.07. The molecule has 1 aliphatic heterocycles. The van der Waals surface area contributed by atoms with Gasteiger partial charge in [-0.2, -0.15) is 0 Å². The van der Waals surface area contributed by atoms with Crippen LogP contribution in [0, 0.1) is 0 Å². The highest BCUT2D eigenvalue weighted by Gasteiger charge is 2.39. The molecule has 0 saturated heterocycles. The Balaban J connectivity index is 1.44. The zero-order valence-corrected chi connectivity index (χ0v) is 22.5. The van der Waals surface area contributed by atoms with E-state index in [9.17, 15) is 19.2 Å². The number of rotatable bonds is 9. The van der Waals surface area contributed by atoms with Crippen LogP contribution in [0.15, 0.2) is 83.5 Å². The number of para-hydroxylation sites is 1. The van der Waals surface area contributed by atoms with E-state index in [4.69, 9.17) is 16.3 Å². The molecule has 0 unspecified atom stereocenters. The van der Waals surface area contributed by atoms with Crippen LogP contribution in [0.2, 0.25) is 0 Å². The van der Waals surface area contributed by atoms with Crippen molar-refractivity contribution in [3.05, 3.63) is 100 Å². The summed E-state index contributed by atoms with van der Waals surface area (Å²) in [5, 5.41) is 5.57. The molecule has 3 amide bonds. The fraction of sp³-hybridized carbons (Fsp3) is 0.200. The number of esters is 1. The number of benzene rings is 3. The molecule has 0 aliphatic carbocycles. The Kier molecular flexibility index (Phi) is 8.46. The molecule has 0 radical (unpaired) electrons. The molecule has 3 aromatic rings. The predicted octanol–water partition coefficient (Wildman–Crippen LogP) is 6.06. The molecule has 1 heterocycles. The number of ether oxygens (including phenoxy) is 1. The summed E-state index contributed by atoms with van der Waals surface area (Å²) in [6.45, 7) is 6.31. The molecule has 0 aromatic heterocycles. The Morgan fingerprint density at radius 3 is 2.18 bits per heavy atom. The normalized spacial score (nSPS) is 13.2. The van der Waals surface area contributed by atoms with E-state index >= 15 is 0 Å². The van der Waals surface area contributed by atoms with Crippen LogP contribution in [0.1, 0.15) is 59.4 Å². The average molecular weight is 546 g/mol. The molecule has 0 fully saturated rings. The SMILES string of the molecule is CCCOC(=O)c1ccc(N2C(=O)C(Cl)=C(Nc3ccc(C(=O)Nc4ccccc4C(C)C)cc3)C2=O)cc1. The molecule has 1 aliphatic rings. The van der Waals surface area contributed by atoms with E-state index in [-0.39, 0.29) is 28.2 Å². The molecule has 0 saturated carbocycles. The zero-order valence-electron chi connectivity index (χ0n) is 21.8. The van der Waals surface area contributed by atoms with E-state index in [1.165, 1.54) is 24.3 Å². The van der Waals surface area contributed by atoms with Crippen molar-refractivity contribution in [3.63, 3.8) is 0 Å². The maximum Gasteiger partial charge on any atom is 0.338 e. The lowest BCUT2D eigenvalue weighted by Gasteiger charge is -2.16. The first-order valence-corrected chi connectivity index (χ1v) is 12.9. The summed E-state index contributed by atoms with van der Waals surface area (Å²) in [5.41, 5.74) is 3.16. The van der Waals surface area contributed by atoms with Crippen LogP contribution in [0.3, 0.4) is 0 Å². The van der Waals surface area contributed by atoms with Crippen LogP contribution in [0.5, 0.6) is 0 Å². The van der Waals surface area contributed by atoms with Gasteiger partial charge in [-0.1, -0.05) is 50.6 Å². The molecule has 3 aromatic carbocycles. The van der Waals surface area contributed by atoms with Crippen molar-refractivity contribution in [1.82, 2.24) is 0 Å². The van der Waals surface area contributed by atoms with Crippen LogP contribution in [-0.4, -0.2) is 30.3 Å². The van der Waals surface area contributed by atoms with E-state index in [0.717, 1.165) is 16.2 Å². The lowest BCUT2D eigenvalue weighted by atomic mass is 10.0. The van der Waals surface area contributed by atoms with Crippen LogP contribution in [0.4, 0.5) is 17.1 Å². The number of nitrogens with one attached hydrogen (secondary N) is 2. The third kappa shape index (κ3) is 6.02. The molecular weight excluding hydrogens is 518 g/mol. The van der Waals surface area contributed by atoms with Gasteiger partial charge in [-0.3, -0.25) is 14.4 Å². The Morgan fingerprint density at radius 2 is 1.54 bits per heavy atom. The Hall–Kier alpha value is -4.43. The van der Waals surface area contributed by atoms with Gasteiger partial charge in [0.1, 0.15) is 10.7 Å². The van der Waals surface area contributed by atoms with Crippen molar-refractivity contribution in [1.29, 1.82) is 0 Å². The maximum absolute atomic E-state index is 13.1. The minimum atomic E-state index is -0.690. The van der Waals surface area contributed by atoms with Gasteiger partial charge in [-0.25, -0.2) is 9.69 Å². The van der Waals surface area contributed by atoms with E-state index in [1.807, 2.05) is 31.2 Å². The van der Waals surface area contributed by atoms with E-state index in [0.29, 0.717) is 29.8 Å². The number of carbonyl (C=O) groups excluding carboxylic acids is 4. The summed E-state index contributed by atoms with van der Waals surface area (Å²) < 4.78 is 5.10. The first-order chi connectivity index (χ1) is 18.7. The van der Waals surface area contributed by atoms with Crippen LogP contribution in [-0.2, 0) is 14.3 Å². The highest BCUT2D eigenvalue weighted by Crippen LogP contribution is 2.31. The van der Waals surface area contributed by atoms with Gasteiger partial charge in [0.05, 0.1) is 17.9 Å². The van der Waals surface area contributed by atoms with E-state index in [2.05, 4.69) is 24.5 Å². The number of anilines is 3. The van der Waals surface area contributed by atoms with Crippen molar-refractivity contribution < 1.29 is 23.9 Å². The van der Waals surface area contributed by atoms with Crippen molar-refractivity contribution in [3.8, 4) is 0 Å². The predicted molar refractivity (Wildman–Crippen MR) is 151 cm³/mol. The number of carbonyl (C=O) groups is 4. The minimum Gasteiger partial charge on any atom is -0.462 e. The summed E-state index contributed by atoms with van der Waals surface area (Å²) in [4.78, 5) is 51.7. The van der Waals surface area contributed by atoms with Crippen LogP contribution in [0.25, 0.3) is 0 Å². The van der Waals surface area contributed by atoms with Gasteiger partial charge in [-0.15, -0.1) is 0 Å². The molecule has 4 rings (SSSR count). The quantitative estimate of drug-likeness (QED) is 0.250. The van der Waals surface area contributed by atoms with Gasteiger partial charge >= 0.3 is 5.97 Å². The third-order valence-corrected chi connectivity index (χ3v) is 6.42. The Morgan fingerprint density at radius 1 is 0.897 bits per heavy atom. The first-order valence-electron chi connectivity index (χ1n) is 12.5. The summed E-state index contributed by atoms with van der Waals surface area (Å²) in [6.07, 6.45) is 0.698. The molecule has 0 bridgehead atoms. The highest BCUT2D eigenvalue weighted by molar-refractivity contribution is 6.53. The highest BCUT2D eigenvalue weighted by atomic mass is 35.5. The smallest absolute Gasteiger partial charge is 0.338 e. The van der Waals surface area contributed by atoms with Crippen LogP contribution < -0.4 is 15.5 Å². The fourth-order valence-electron chi connectivity index (χ4n) is 4.03. The summed E-state index contributed by atoms with van der Waals surface area (Å²) in [5.74, 6) is -1.84. The maximum atomic E-state index is 13.1. The lowest BCUT2D eigenvalue weighted by Crippen LogP contribution is -2.32. The van der Waals surface area contributed by atoms with Crippen molar-refractivity contribution in [2.45, 2.75) is 33.1 Å². The van der Waals surface area contributed by atoms with Gasteiger partial charge in [0, 0.05) is 16.9 Å². The van der Waals surface area contributed by atoms with Gasteiger partial charge in [-0.05, 0) is 72.5 Å². The molecule has 2 N–H and O–H groups in total. The van der Waals surface area contributed by atoms with Gasteiger partial charge in [0.25, 0.3) is 17.7 Å². The second-order valence-electron chi connectivity index (χ2n) is 9.22. The number of hydrogen-bond donors (Lipinski definition) is 2. The number of hydrogen-bond acceptors (Lipinski definition) is 6. The lowest BCUT2D eigenvalue weighted by molar-refractivity contribution is -0.120. The van der Waals surface area contributed by atoms with E-state index < -0.39 is 17.8 Å². The van der Waals surface area contributed by atoms with Crippen LogP contribution >= 0.6 is 11.6 Å². The fourth-order valence-corrected chi connectivity index (χ4v) is 4.24. The molecule has 200 valence electrons. The summed E-state index contributed by atoms with van der Waals surface area (Å²) in [7, 11) is 0. The van der Waals surface area contributed by atoms with Crippen molar-refractivity contribution in [2.24, 2.45) is 0 Å². The summed E-state index contributed by atoms with van der Waals surface area (Å²) in [6, 6.07) is 20.0. The van der Waals surface area contributed by atoms with Gasteiger partial charge in [0.2, 0.25) is 0 Å². The molecule has 0 spiro atoms. The standard InChI is InChI=1S/C30H28ClN3O5/c1-4-17-39-30(38)20-11-15-22(16-12-20)34-28(36)25(31)26(29(34)37)32-21-13-9-19(10-14-21)27(35)33-24-8-6-5-7-23(24)18(2)3/h5-16,18,32H,4,17H2,1-3H3,(H,33,35). The molecule has 9 heteroatoms. The van der Waals surface area contributed by atoms with Crippen molar-refractivity contribution >= 4 is 52.4 Å². The molecule has 39 heavy (non-hydrogen) atoms. The average Bonchev–Trinajstić information content (AvgIpc) is 3.15. The molecular formula is C30H28ClN3O5.